The highest BCUT2D eigenvalue weighted by molar-refractivity contribution is 5.42. The lowest BCUT2D eigenvalue weighted by Crippen LogP contribution is -2.07. The topological polar surface area (TPSA) is 70.4 Å². The second-order valence-corrected chi connectivity index (χ2v) is 4.69. The Morgan fingerprint density at radius 2 is 2.06 bits per heavy atom. The van der Waals surface area contributed by atoms with Gasteiger partial charge in [-0.15, -0.1) is 0 Å². The monoisotopic (exact) mass is 233 g/mol. The van der Waals surface area contributed by atoms with Crippen molar-refractivity contribution in [2.75, 3.05) is 0 Å². The highest BCUT2D eigenvalue weighted by atomic mass is 16.3. The van der Waals surface area contributed by atoms with E-state index in [1.165, 1.54) is 23.8 Å². The van der Waals surface area contributed by atoms with E-state index in [1.54, 1.807) is 0 Å². The fourth-order valence-electron chi connectivity index (χ4n) is 2.60. The van der Waals surface area contributed by atoms with Crippen LogP contribution in [0, 0.1) is 0 Å². The summed E-state index contributed by atoms with van der Waals surface area (Å²) in [5.74, 6) is 0.359. The highest BCUT2D eigenvalue weighted by Crippen LogP contribution is 2.32. The number of fused-ring (bicyclic) bond motifs is 1. The maximum atomic E-state index is 11.2. The summed E-state index contributed by atoms with van der Waals surface area (Å²) < 4.78 is 1.39. The second kappa shape index (κ2) is 3.91. The number of nitrogens with one attached hydrogen (secondary N) is 1. The predicted molar refractivity (Wildman–Crippen MR) is 63.3 cm³/mol. The summed E-state index contributed by atoms with van der Waals surface area (Å²) in [7, 11) is 0. The first-order valence-corrected chi connectivity index (χ1v) is 6.06. The Morgan fingerprint density at radius 3 is 2.82 bits per heavy atom. The number of aromatic amines is 1. The quantitative estimate of drug-likeness (QED) is 0.788. The summed E-state index contributed by atoms with van der Waals surface area (Å²) in [6.45, 7) is 0. The van der Waals surface area contributed by atoms with E-state index in [0.717, 1.165) is 24.6 Å². The lowest BCUT2D eigenvalue weighted by atomic mass is 9.87. The number of nitrogens with zero attached hydrogens (tertiary/aromatic N) is 2. The van der Waals surface area contributed by atoms with Gasteiger partial charge in [0.1, 0.15) is 5.65 Å². The molecule has 17 heavy (non-hydrogen) atoms. The molecule has 2 N–H and O–H groups in total. The molecular weight excluding hydrogens is 218 g/mol. The first-order valence-electron chi connectivity index (χ1n) is 6.06. The second-order valence-electron chi connectivity index (χ2n) is 4.69. The number of hydrogen-bond donors (Lipinski definition) is 2. The Morgan fingerprint density at radius 1 is 1.29 bits per heavy atom. The fourth-order valence-corrected chi connectivity index (χ4v) is 2.60. The van der Waals surface area contributed by atoms with E-state index in [-0.39, 0.29) is 11.4 Å². The largest absolute Gasteiger partial charge is 0.493 e. The molecule has 0 aromatic carbocycles. The average molecular weight is 233 g/mol. The molecule has 2 heterocycles. The molecule has 0 saturated heterocycles. The van der Waals surface area contributed by atoms with Gasteiger partial charge in [0.15, 0.2) is 0 Å². The molecule has 90 valence electrons. The third-order valence-electron chi connectivity index (χ3n) is 3.48. The van der Waals surface area contributed by atoms with Crippen molar-refractivity contribution < 1.29 is 5.11 Å². The van der Waals surface area contributed by atoms with E-state index in [0.29, 0.717) is 11.6 Å². The van der Waals surface area contributed by atoms with Gasteiger partial charge in [0.2, 0.25) is 5.88 Å². The van der Waals surface area contributed by atoms with Crippen LogP contribution in [0.4, 0.5) is 0 Å². The number of rotatable bonds is 1. The van der Waals surface area contributed by atoms with Crippen LogP contribution >= 0.6 is 0 Å². The average Bonchev–Trinajstić information content (AvgIpc) is 2.74. The Hall–Kier alpha value is -1.78. The van der Waals surface area contributed by atoms with Crippen molar-refractivity contribution in [2.24, 2.45) is 0 Å². The third-order valence-corrected chi connectivity index (χ3v) is 3.48. The summed E-state index contributed by atoms with van der Waals surface area (Å²) in [5, 5.41) is 14.0. The first-order chi connectivity index (χ1) is 8.24. The molecule has 0 amide bonds. The maximum Gasteiger partial charge on any atom is 0.254 e. The van der Waals surface area contributed by atoms with E-state index in [9.17, 15) is 9.90 Å². The van der Waals surface area contributed by atoms with Gasteiger partial charge in [-0.25, -0.2) is 0 Å². The molecule has 2 aromatic rings. The van der Waals surface area contributed by atoms with Crippen LogP contribution in [0.15, 0.2) is 16.9 Å². The number of aromatic hydroxyl groups is 1. The van der Waals surface area contributed by atoms with Crippen molar-refractivity contribution in [3.63, 3.8) is 0 Å². The summed E-state index contributed by atoms with van der Waals surface area (Å²) >= 11 is 0. The Labute approximate surface area is 98.1 Å². The first kappa shape index (κ1) is 10.4. The molecule has 5 nitrogen and oxygen atoms in total. The molecule has 3 rings (SSSR count). The zero-order valence-electron chi connectivity index (χ0n) is 9.52. The van der Waals surface area contributed by atoms with Crippen LogP contribution in [-0.2, 0) is 0 Å². The third kappa shape index (κ3) is 1.81. The van der Waals surface area contributed by atoms with Gasteiger partial charge in [-0.1, -0.05) is 19.3 Å². The van der Waals surface area contributed by atoms with Gasteiger partial charge >= 0.3 is 0 Å². The van der Waals surface area contributed by atoms with Crippen LogP contribution in [0.1, 0.15) is 43.7 Å². The van der Waals surface area contributed by atoms with Crippen LogP contribution in [0.3, 0.4) is 0 Å². The minimum Gasteiger partial charge on any atom is -0.493 e. The molecule has 0 atom stereocenters. The minimum absolute atomic E-state index is 0.106. The van der Waals surface area contributed by atoms with Gasteiger partial charge in [-0.2, -0.15) is 9.61 Å². The Balaban J connectivity index is 2.06. The highest BCUT2D eigenvalue weighted by Gasteiger charge is 2.19. The van der Waals surface area contributed by atoms with Gasteiger partial charge in [0.25, 0.3) is 5.56 Å². The van der Waals surface area contributed by atoms with Crippen LogP contribution in [0.5, 0.6) is 5.88 Å². The summed E-state index contributed by atoms with van der Waals surface area (Å²) in [5.41, 5.74) is 1.24. The minimum atomic E-state index is -0.301. The van der Waals surface area contributed by atoms with E-state index in [1.807, 2.05) is 6.07 Å². The number of hydrogen-bond acceptors (Lipinski definition) is 3. The van der Waals surface area contributed by atoms with Crippen LogP contribution < -0.4 is 5.56 Å². The normalized spacial score (nSPS) is 17.6. The lowest BCUT2D eigenvalue weighted by molar-refractivity contribution is 0.420. The lowest BCUT2D eigenvalue weighted by Gasteiger charge is -2.18. The van der Waals surface area contributed by atoms with E-state index < -0.39 is 0 Å². The maximum absolute atomic E-state index is 11.2. The van der Waals surface area contributed by atoms with Crippen molar-refractivity contribution in [3.8, 4) is 5.88 Å². The van der Waals surface area contributed by atoms with Gasteiger partial charge in [0.05, 0.1) is 11.8 Å². The molecule has 2 aromatic heterocycles. The molecule has 1 saturated carbocycles. The van der Waals surface area contributed by atoms with Crippen molar-refractivity contribution in [1.82, 2.24) is 14.6 Å². The Kier molecular flexibility index (Phi) is 2.39. The van der Waals surface area contributed by atoms with E-state index in [2.05, 4.69) is 10.1 Å². The SMILES string of the molecule is O=c1cc(O)n2nc(C3CCCCC3)cc2[nH]1. The standard InChI is InChI=1S/C12H15N3O2/c16-11-7-12(17)15-10(13-11)6-9(14-15)8-4-2-1-3-5-8/h6-8,17H,1-5H2,(H,13,16). The molecule has 0 spiro atoms. The van der Waals surface area contributed by atoms with Gasteiger partial charge in [0, 0.05) is 12.0 Å². The molecule has 1 aliphatic carbocycles. The fraction of sp³-hybridized carbons (Fsp3) is 0.500. The summed E-state index contributed by atoms with van der Waals surface area (Å²) in [4.78, 5) is 13.9. The van der Waals surface area contributed by atoms with Crippen molar-refractivity contribution in [1.29, 1.82) is 0 Å². The van der Waals surface area contributed by atoms with E-state index in [4.69, 9.17) is 0 Å². The smallest absolute Gasteiger partial charge is 0.254 e. The molecule has 1 fully saturated rings. The van der Waals surface area contributed by atoms with Crippen LogP contribution in [0.2, 0.25) is 0 Å². The zero-order chi connectivity index (χ0) is 11.8. The summed E-state index contributed by atoms with van der Waals surface area (Å²) in [6, 6.07) is 3.02. The van der Waals surface area contributed by atoms with Crippen LogP contribution in [0.25, 0.3) is 5.65 Å². The van der Waals surface area contributed by atoms with E-state index >= 15 is 0 Å². The molecule has 0 radical (unpaired) electrons. The van der Waals surface area contributed by atoms with Gasteiger partial charge in [-0.05, 0) is 12.8 Å². The summed E-state index contributed by atoms with van der Waals surface area (Å²) in [6.07, 6.45) is 6.07. The molecule has 0 aliphatic heterocycles. The van der Waals surface area contributed by atoms with Gasteiger partial charge < -0.3 is 10.1 Å². The molecule has 0 unspecified atom stereocenters. The predicted octanol–water partition coefficient (Wildman–Crippen LogP) is 1.78. The van der Waals surface area contributed by atoms with Crippen molar-refractivity contribution in [3.05, 3.63) is 28.2 Å². The number of H-pyrrole nitrogens is 1. The molecule has 5 heteroatoms. The Bertz CT molecular complexity index is 593. The zero-order valence-corrected chi connectivity index (χ0v) is 9.52. The molecular formula is C12H15N3O2. The molecule has 0 bridgehead atoms. The van der Waals surface area contributed by atoms with Crippen molar-refractivity contribution >= 4 is 5.65 Å². The van der Waals surface area contributed by atoms with Crippen LogP contribution in [-0.4, -0.2) is 19.7 Å². The van der Waals surface area contributed by atoms with Gasteiger partial charge in [-0.3, -0.25) is 4.79 Å². The molecule has 1 aliphatic rings. The van der Waals surface area contributed by atoms with Crippen molar-refractivity contribution in [2.45, 2.75) is 38.0 Å². The number of aromatic nitrogens is 3.